The van der Waals surface area contributed by atoms with Gasteiger partial charge in [-0.15, -0.1) is 0 Å². The van der Waals surface area contributed by atoms with Crippen LogP contribution in [0.2, 0.25) is 0 Å². The molecule has 0 unspecified atom stereocenters. The number of carbonyl (C=O) groups excluding carboxylic acids is 2. The highest BCUT2D eigenvalue weighted by Crippen LogP contribution is 2.29. The average Bonchev–Trinajstić information content (AvgIpc) is 3.50. The van der Waals surface area contributed by atoms with E-state index in [-0.39, 0.29) is 41.4 Å². The minimum Gasteiger partial charge on any atom is -0.468 e. The summed E-state index contributed by atoms with van der Waals surface area (Å²) in [5.74, 6) is -1.06. The van der Waals surface area contributed by atoms with Crippen molar-refractivity contribution in [3.05, 3.63) is 35.8 Å². The number of halogens is 3. The maximum absolute atomic E-state index is 12.3. The molecule has 3 rings (SSSR count). The van der Waals surface area contributed by atoms with E-state index in [9.17, 15) is 22.8 Å². The molecule has 150 valence electrons. The first kappa shape index (κ1) is 20.6. The molecule has 2 radical (unpaired) electrons. The van der Waals surface area contributed by atoms with Gasteiger partial charge in [0.2, 0.25) is 17.7 Å². The average molecular weight is 405 g/mol. The second-order valence-corrected chi connectivity index (χ2v) is 6.35. The van der Waals surface area contributed by atoms with Crippen molar-refractivity contribution in [2.45, 2.75) is 25.6 Å². The molecule has 0 aliphatic heterocycles. The fourth-order valence-corrected chi connectivity index (χ4v) is 2.26. The number of rotatable bonds is 7. The number of hydrogen-bond donors (Lipinski definition) is 2. The Balaban J connectivity index is 1.56. The van der Waals surface area contributed by atoms with Crippen molar-refractivity contribution < 1.29 is 27.5 Å². The molecule has 0 spiro atoms. The molecule has 2 aromatic rings. The van der Waals surface area contributed by atoms with Gasteiger partial charge in [-0.2, -0.15) is 13.2 Å². The Bertz CT molecular complexity index is 921. The summed E-state index contributed by atoms with van der Waals surface area (Å²) in [7, 11) is 5.64. The van der Waals surface area contributed by atoms with Gasteiger partial charge in [-0.1, -0.05) is 6.07 Å². The fourth-order valence-electron chi connectivity index (χ4n) is 2.26. The molecule has 0 saturated heterocycles. The first-order valence-corrected chi connectivity index (χ1v) is 8.57. The molecule has 2 aromatic heterocycles. The number of nitrogens with one attached hydrogen (secondary N) is 2. The van der Waals surface area contributed by atoms with E-state index in [4.69, 9.17) is 7.85 Å². The molecule has 1 aliphatic rings. The highest BCUT2D eigenvalue weighted by atomic mass is 19.4. The predicted octanol–water partition coefficient (Wildman–Crippen LogP) is 0.885. The molecule has 8 nitrogen and oxygen atoms in total. The maximum Gasteiger partial charge on any atom is 0.422 e. The Hall–Kier alpha value is -3.18. The van der Waals surface area contributed by atoms with Crippen LogP contribution < -0.4 is 20.8 Å². The number of alkyl halides is 3. The Labute approximate surface area is 164 Å². The first-order valence-electron chi connectivity index (χ1n) is 8.57. The quantitative estimate of drug-likeness (QED) is 0.663. The van der Waals surface area contributed by atoms with Crippen LogP contribution in [0.25, 0.3) is 0 Å². The van der Waals surface area contributed by atoms with Crippen molar-refractivity contribution in [1.29, 1.82) is 0 Å². The molecular formula is C17H15BF3N5O3. The molecular weight excluding hydrogens is 390 g/mol. The lowest BCUT2D eigenvalue weighted by Crippen LogP contribution is -2.26. The molecule has 0 aromatic carbocycles. The number of ether oxygens (including phenoxy) is 1. The second-order valence-electron chi connectivity index (χ2n) is 6.35. The molecule has 12 heteroatoms. The number of hydrogen-bond acceptors (Lipinski definition) is 6. The van der Waals surface area contributed by atoms with Crippen molar-refractivity contribution in [3.63, 3.8) is 0 Å². The topological polar surface area (TPSA) is 106 Å². The summed E-state index contributed by atoms with van der Waals surface area (Å²) in [6.45, 7) is -1.50. The van der Waals surface area contributed by atoms with Crippen molar-refractivity contribution >= 4 is 31.1 Å². The molecule has 0 bridgehead atoms. The Morgan fingerprint density at radius 2 is 2.03 bits per heavy atom. The monoisotopic (exact) mass is 405 g/mol. The van der Waals surface area contributed by atoms with Crippen LogP contribution in [-0.4, -0.2) is 47.4 Å². The van der Waals surface area contributed by atoms with Gasteiger partial charge in [-0.3, -0.25) is 14.9 Å². The number of amides is 2. The predicted molar refractivity (Wildman–Crippen MR) is 95.7 cm³/mol. The van der Waals surface area contributed by atoms with E-state index >= 15 is 0 Å². The van der Waals surface area contributed by atoms with E-state index in [1.54, 1.807) is 0 Å². The van der Waals surface area contributed by atoms with Gasteiger partial charge in [0.1, 0.15) is 13.5 Å². The molecule has 1 saturated carbocycles. The van der Waals surface area contributed by atoms with Gasteiger partial charge in [0.05, 0.1) is 0 Å². The number of nitrogens with zero attached hydrogens (tertiary/aromatic N) is 3. The van der Waals surface area contributed by atoms with E-state index in [0.29, 0.717) is 5.56 Å². The zero-order valence-corrected chi connectivity index (χ0v) is 15.0. The lowest BCUT2D eigenvalue weighted by atomic mass is 9.96. The lowest BCUT2D eigenvalue weighted by molar-refractivity contribution is -0.153. The van der Waals surface area contributed by atoms with Crippen LogP contribution in [0, 0.1) is 5.92 Å². The summed E-state index contributed by atoms with van der Waals surface area (Å²) < 4.78 is 41.1. The van der Waals surface area contributed by atoms with Gasteiger partial charge in [0.25, 0.3) is 5.91 Å². The lowest BCUT2D eigenvalue weighted by Gasteiger charge is -2.12. The zero-order chi connectivity index (χ0) is 21.0. The Morgan fingerprint density at radius 1 is 1.28 bits per heavy atom. The van der Waals surface area contributed by atoms with Gasteiger partial charge in [-0.05, 0) is 29.9 Å². The van der Waals surface area contributed by atoms with Crippen LogP contribution in [0.15, 0.2) is 24.5 Å². The summed E-state index contributed by atoms with van der Waals surface area (Å²) in [6, 6.07) is 2.73. The second kappa shape index (κ2) is 8.45. The van der Waals surface area contributed by atoms with E-state index in [2.05, 4.69) is 30.3 Å². The summed E-state index contributed by atoms with van der Waals surface area (Å²) in [4.78, 5) is 35.6. The minimum atomic E-state index is -4.50. The summed E-state index contributed by atoms with van der Waals surface area (Å²) in [5.41, 5.74) is 0.400. The van der Waals surface area contributed by atoms with Crippen LogP contribution in [-0.2, 0) is 11.3 Å². The standard InChI is InChI=1S/C17H15BF3N5O3/c18-11-5-9(7-24-15(11)29-8-17(19,20)21)6-23-14(28)12-3-4-22-16(25-12)26-13(27)10-1-2-10/h3-5,7,10H,1-2,6,8H2,(H,23,28)(H,22,25,26,27). The third-order valence-corrected chi connectivity index (χ3v) is 3.83. The molecule has 1 fully saturated rings. The highest BCUT2D eigenvalue weighted by molar-refractivity contribution is 6.34. The van der Waals surface area contributed by atoms with Gasteiger partial charge in [-0.25, -0.2) is 15.0 Å². The summed E-state index contributed by atoms with van der Waals surface area (Å²) in [5, 5.41) is 5.12. The van der Waals surface area contributed by atoms with Crippen LogP contribution in [0.1, 0.15) is 28.9 Å². The van der Waals surface area contributed by atoms with E-state index in [1.807, 2.05) is 0 Å². The van der Waals surface area contributed by atoms with Crippen LogP contribution >= 0.6 is 0 Å². The van der Waals surface area contributed by atoms with Gasteiger partial charge in [0.15, 0.2) is 6.61 Å². The van der Waals surface area contributed by atoms with Crippen molar-refractivity contribution in [2.75, 3.05) is 11.9 Å². The Morgan fingerprint density at radius 3 is 2.69 bits per heavy atom. The largest absolute Gasteiger partial charge is 0.468 e. The molecule has 29 heavy (non-hydrogen) atoms. The molecule has 1 aliphatic carbocycles. The third-order valence-electron chi connectivity index (χ3n) is 3.83. The normalized spacial score (nSPS) is 13.6. The molecule has 2 amide bonds. The summed E-state index contributed by atoms with van der Waals surface area (Å²) >= 11 is 0. The highest BCUT2D eigenvalue weighted by Gasteiger charge is 2.30. The molecule has 0 atom stereocenters. The van der Waals surface area contributed by atoms with Crippen LogP contribution in [0.4, 0.5) is 19.1 Å². The molecule has 2 N–H and O–H groups in total. The number of anilines is 1. The van der Waals surface area contributed by atoms with Crippen molar-refractivity contribution in [3.8, 4) is 5.88 Å². The van der Waals surface area contributed by atoms with Gasteiger partial charge in [0, 0.05) is 24.9 Å². The van der Waals surface area contributed by atoms with Crippen LogP contribution in [0.3, 0.4) is 0 Å². The zero-order valence-electron chi connectivity index (χ0n) is 15.0. The van der Waals surface area contributed by atoms with Gasteiger partial charge < -0.3 is 10.1 Å². The fraction of sp³-hybridized carbons (Fsp3) is 0.353. The van der Waals surface area contributed by atoms with Gasteiger partial charge >= 0.3 is 6.18 Å². The SMILES string of the molecule is [B]c1cc(CNC(=O)c2ccnc(NC(=O)C3CC3)n2)cnc1OCC(F)(F)F. The Kier molecular flexibility index (Phi) is 5.99. The van der Waals surface area contributed by atoms with Crippen molar-refractivity contribution in [1.82, 2.24) is 20.3 Å². The van der Waals surface area contributed by atoms with E-state index < -0.39 is 18.7 Å². The van der Waals surface area contributed by atoms with Crippen LogP contribution in [0.5, 0.6) is 5.88 Å². The number of carbonyl (C=O) groups is 2. The number of aromatic nitrogens is 3. The van der Waals surface area contributed by atoms with Crippen molar-refractivity contribution in [2.24, 2.45) is 5.92 Å². The first-order chi connectivity index (χ1) is 13.7. The third kappa shape index (κ3) is 6.16. The van der Waals surface area contributed by atoms with E-state index in [0.717, 1.165) is 12.8 Å². The smallest absolute Gasteiger partial charge is 0.422 e. The minimum absolute atomic E-state index is 0.00333. The molecule has 2 heterocycles. The summed E-state index contributed by atoms with van der Waals surface area (Å²) in [6.07, 6.45) is -0.276. The van der Waals surface area contributed by atoms with E-state index in [1.165, 1.54) is 24.5 Å². The number of pyridine rings is 1. The maximum atomic E-state index is 12.3.